The molecule has 0 fully saturated rings. The van der Waals surface area contributed by atoms with E-state index in [9.17, 15) is 9.00 Å². The zero-order valence-corrected chi connectivity index (χ0v) is 9.56. The second kappa shape index (κ2) is 3.45. The first-order valence-electron chi connectivity index (χ1n) is 4.79. The summed E-state index contributed by atoms with van der Waals surface area (Å²) in [6.45, 7) is 3.77. The van der Waals surface area contributed by atoms with Crippen LogP contribution in [0.15, 0.2) is 29.2 Å². The van der Waals surface area contributed by atoms with Gasteiger partial charge in [-0.3, -0.25) is 9.00 Å². The van der Waals surface area contributed by atoms with Crippen molar-refractivity contribution in [2.24, 2.45) is 0 Å². The first kappa shape index (κ1) is 10.4. The van der Waals surface area contributed by atoms with Crippen molar-refractivity contribution in [3.63, 3.8) is 0 Å². The molecule has 4 heteroatoms. The van der Waals surface area contributed by atoms with Gasteiger partial charge in [-0.05, 0) is 26.0 Å². The molecule has 0 aromatic heterocycles. The molecule has 1 unspecified atom stereocenters. The number of fused-ring (bicyclic) bond motifs is 1. The van der Waals surface area contributed by atoms with E-state index in [0.717, 1.165) is 0 Å². The molecule has 1 heterocycles. The fourth-order valence-corrected chi connectivity index (χ4v) is 3.19. The number of carbonyl (C=O) groups excluding carboxylic acids is 1. The van der Waals surface area contributed by atoms with E-state index < -0.39 is 16.3 Å². The van der Waals surface area contributed by atoms with Crippen LogP contribution in [0.2, 0.25) is 0 Å². The number of rotatable bonds is 0. The van der Waals surface area contributed by atoms with Gasteiger partial charge in [-0.2, -0.15) is 0 Å². The molecule has 1 aromatic rings. The van der Waals surface area contributed by atoms with Crippen LogP contribution in [0.4, 0.5) is 0 Å². The molecule has 1 aromatic carbocycles. The van der Waals surface area contributed by atoms with Crippen molar-refractivity contribution in [3.8, 4) is 0 Å². The van der Waals surface area contributed by atoms with Gasteiger partial charge in [0.1, 0.15) is 0 Å². The van der Waals surface area contributed by atoms with Crippen LogP contribution < -0.4 is 5.32 Å². The lowest BCUT2D eigenvalue weighted by Gasteiger charge is -2.22. The molecule has 0 saturated heterocycles. The van der Waals surface area contributed by atoms with E-state index >= 15 is 0 Å². The quantitative estimate of drug-likeness (QED) is 0.721. The van der Waals surface area contributed by atoms with Crippen molar-refractivity contribution in [2.75, 3.05) is 5.75 Å². The number of nitrogens with one attached hydrogen (secondary N) is 1. The molecule has 1 N–H and O–H groups in total. The van der Waals surface area contributed by atoms with E-state index in [1.54, 1.807) is 18.2 Å². The van der Waals surface area contributed by atoms with Gasteiger partial charge in [0.05, 0.1) is 27.0 Å². The van der Waals surface area contributed by atoms with E-state index in [1.807, 2.05) is 19.9 Å². The van der Waals surface area contributed by atoms with E-state index in [4.69, 9.17) is 0 Å². The molecule has 1 amide bonds. The van der Waals surface area contributed by atoms with Crippen LogP contribution in [-0.2, 0) is 10.8 Å². The lowest BCUT2D eigenvalue weighted by Crippen LogP contribution is -2.45. The van der Waals surface area contributed by atoms with Crippen LogP contribution in [0.1, 0.15) is 24.2 Å². The van der Waals surface area contributed by atoms with Crippen LogP contribution in [0.3, 0.4) is 0 Å². The molecule has 0 radical (unpaired) electrons. The van der Waals surface area contributed by atoms with E-state index in [0.29, 0.717) is 16.2 Å². The zero-order valence-electron chi connectivity index (χ0n) is 8.74. The normalized spacial score (nSPS) is 23.9. The summed E-state index contributed by atoms with van der Waals surface area (Å²) in [7, 11) is -1.11. The van der Waals surface area contributed by atoms with Crippen molar-refractivity contribution in [1.82, 2.24) is 5.32 Å². The molecule has 0 saturated carbocycles. The minimum Gasteiger partial charge on any atom is -0.346 e. The Hall–Kier alpha value is -1.16. The molecular weight excluding hydrogens is 210 g/mol. The molecule has 0 spiro atoms. The fourth-order valence-electron chi connectivity index (χ4n) is 1.67. The highest BCUT2D eigenvalue weighted by Crippen LogP contribution is 2.21. The van der Waals surface area contributed by atoms with Crippen LogP contribution >= 0.6 is 0 Å². The van der Waals surface area contributed by atoms with Gasteiger partial charge in [0.15, 0.2) is 0 Å². The molecule has 15 heavy (non-hydrogen) atoms. The molecule has 1 atom stereocenters. The second-order valence-electron chi connectivity index (χ2n) is 4.32. The fraction of sp³-hybridized carbons (Fsp3) is 0.364. The third kappa shape index (κ3) is 1.95. The van der Waals surface area contributed by atoms with Crippen molar-refractivity contribution in [3.05, 3.63) is 29.8 Å². The Morgan fingerprint density at radius 1 is 1.33 bits per heavy atom. The Bertz CT molecular complexity index is 401. The highest BCUT2D eigenvalue weighted by Gasteiger charge is 2.30. The maximum absolute atomic E-state index is 12.0. The van der Waals surface area contributed by atoms with Crippen molar-refractivity contribution < 1.29 is 9.00 Å². The Balaban J connectivity index is 2.55. The van der Waals surface area contributed by atoms with Crippen LogP contribution in [-0.4, -0.2) is 21.4 Å². The summed E-state index contributed by atoms with van der Waals surface area (Å²) >= 11 is 0. The van der Waals surface area contributed by atoms with Gasteiger partial charge in [0, 0.05) is 5.54 Å². The summed E-state index contributed by atoms with van der Waals surface area (Å²) in [5.74, 6) is 0.317. The predicted octanol–water partition coefficient (Wildman–Crippen LogP) is 1.32. The summed E-state index contributed by atoms with van der Waals surface area (Å²) in [4.78, 5) is 12.5. The van der Waals surface area contributed by atoms with Crippen LogP contribution in [0, 0.1) is 0 Å². The second-order valence-corrected chi connectivity index (χ2v) is 5.74. The third-order valence-corrected chi connectivity index (χ3v) is 4.15. The lowest BCUT2D eigenvalue weighted by molar-refractivity contribution is 0.0920. The Morgan fingerprint density at radius 3 is 2.73 bits per heavy atom. The standard InChI is InChI=1S/C11H13NO2S/c1-11(2)7-15(14)9-6-4-3-5-8(9)10(13)12-11/h3-6H,7H2,1-2H3,(H,12,13). The maximum Gasteiger partial charge on any atom is 0.252 e. The third-order valence-electron chi connectivity index (χ3n) is 2.32. The Labute approximate surface area is 91.3 Å². The van der Waals surface area contributed by atoms with Gasteiger partial charge in [-0.25, -0.2) is 0 Å². The van der Waals surface area contributed by atoms with Gasteiger partial charge in [-0.15, -0.1) is 0 Å². The van der Waals surface area contributed by atoms with Gasteiger partial charge < -0.3 is 5.32 Å². The first-order chi connectivity index (χ1) is 6.99. The molecule has 0 aliphatic carbocycles. The lowest BCUT2D eigenvalue weighted by atomic mass is 10.1. The molecule has 2 rings (SSSR count). The van der Waals surface area contributed by atoms with Crippen molar-refractivity contribution in [1.29, 1.82) is 0 Å². The van der Waals surface area contributed by atoms with Crippen LogP contribution in [0.5, 0.6) is 0 Å². The summed E-state index contributed by atoms with van der Waals surface area (Å²) in [5.41, 5.74) is 0.113. The smallest absolute Gasteiger partial charge is 0.252 e. The molecule has 80 valence electrons. The average Bonchev–Trinajstić information content (AvgIpc) is 2.23. The molecule has 3 nitrogen and oxygen atoms in total. The van der Waals surface area contributed by atoms with E-state index in [1.165, 1.54) is 0 Å². The zero-order chi connectivity index (χ0) is 11.1. The summed E-state index contributed by atoms with van der Waals surface area (Å²) in [5, 5.41) is 2.87. The number of hydrogen-bond donors (Lipinski definition) is 1. The van der Waals surface area contributed by atoms with Crippen molar-refractivity contribution in [2.45, 2.75) is 24.3 Å². The summed E-state index contributed by atoms with van der Waals surface area (Å²) < 4.78 is 12.0. The Morgan fingerprint density at radius 2 is 2.00 bits per heavy atom. The number of carbonyl (C=O) groups is 1. The van der Waals surface area contributed by atoms with E-state index in [-0.39, 0.29) is 5.91 Å². The van der Waals surface area contributed by atoms with Crippen molar-refractivity contribution >= 4 is 16.7 Å². The number of hydrogen-bond acceptors (Lipinski definition) is 2. The highest BCUT2D eigenvalue weighted by molar-refractivity contribution is 7.85. The highest BCUT2D eigenvalue weighted by atomic mass is 32.2. The maximum atomic E-state index is 12.0. The minimum atomic E-state index is -1.11. The monoisotopic (exact) mass is 223 g/mol. The van der Waals surface area contributed by atoms with Crippen LogP contribution in [0.25, 0.3) is 0 Å². The topological polar surface area (TPSA) is 46.2 Å². The molecular formula is C11H13NO2S. The molecule has 1 aliphatic heterocycles. The van der Waals surface area contributed by atoms with Gasteiger partial charge in [0.2, 0.25) is 0 Å². The first-order valence-corrected chi connectivity index (χ1v) is 6.11. The molecule has 1 aliphatic rings. The van der Waals surface area contributed by atoms with Gasteiger partial charge in [0.25, 0.3) is 5.91 Å². The average molecular weight is 223 g/mol. The summed E-state index contributed by atoms with van der Waals surface area (Å²) in [6.07, 6.45) is 0. The number of amides is 1. The largest absolute Gasteiger partial charge is 0.346 e. The SMILES string of the molecule is CC1(C)CS(=O)c2ccccc2C(=O)N1. The molecule has 0 bridgehead atoms. The van der Waals surface area contributed by atoms with Gasteiger partial charge >= 0.3 is 0 Å². The predicted molar refractivity (Wildman–Crippen MR) is 59.3 cm³/mol. The minimum absolute atomic E-state index is 0.138. The Kier molecular flexibility index (Phi) is 2.38. The number of benzene rings is 1. The van der Waals surface area contributed by atoms with Gasteiger partial charge in [-0.1, -0.05) is 12.1 Å². The summed E-state index contributed by atoms with van der Waals surface area (Å²) in [6, 6.07) is 7.06. The van der Waals surface area contributed by atoms with E-state index in [2.05, 4.69) is 5.32 Å².